The molecule has 2 rings (SSSR count). The molecule has 60 valence electrons. The van der Waals surface area contributed by atoms with Crippen molar-refractivity contribution < 1.29 is 0 Å². The lowest BCUT2D eigenvalue weighted by Crippen LogP contribution is -1.92. The Balaban J connectivity index is 2.34. The third-order valence-corrected chi connectivity index (χ3v) is 2.43. The summed E-state index contributed by atoms with van der Waals surface area (Å²) < 4.78 is 8.16. The highest BCUT2D eigenvalue weighted by Crippen LogP contribution is 2.19. The summed E-state index contributed by atoms with van der Waals surface area (Å²) in [5.74, 6) is 0. The molecule has 0 aromatic carbocycles. The first-order valence-corrected chi connectivity index (χ1v) is 5.10. The van der Waals surface area contributed by atoms with Gasteiger partial charge in [-0.05, 0) is 23.0 Å². The van der Waals surface area contributed by atoms with Crippen LogP contribution in [0.5, 0.6) is 0 Å². The van der Waals surface area contributed by atoms with Crippen LogP contribution in [0, 0.1) is 0 Å². The highest BCUT2D eigenvalue weighted by molar-refractivity contribution is 8.01. The lowest BCUT2D eigenvalue weighted by Gasteiger charge is -2.03. The van der Waals surface area contributed by atoms with E-state index in [-0.39, 0.29) is 0 Å². The first-order chi connectivity index (χ1) is 5.97. The fourth-order valence-corrected chi connectivity index (χ4v) is 1.78. The van der Waals surface area contributed by atoms with Crippen molar-refractivity contribution in [3.63, 3.8) is 0 Å². The summed E-state index contributed by atoms with van der Waals surface area (Å²) in [5, 5.41) is 3.93. The largest absolute Gasteiger partial charge is 0.219 e. The first kappa shape index (κ1) is 7.89. The van der Waals surface area contributed by atoms with E-state index >= 15 is 0 Å². The molecule has 0 bridgehead atoms. The Morgan fingerprint density at radius 3 is 1.67 bits per heavy atom. The maximum Gasteiger partial charge on any atom is 0.0434 e. The molecule has 0 aliphatic carbocycles. The van der Waals surface area contributed by atoms with Gasteiger partial charge in [0.2, 0.25) is 0 Å². The molecular weight excluding hydrogens is 188 g/mol. The van der Waals surface area contributed by atoms with Crippen molar-refractivity contribution in [2.75, 3.05) is 0 Å². The second kappa shape index (κ2) is 3.78. The SMILES string of the molecule is C1=CC(=C2C=CSN=C2)C=NS1. The Labute approximate surface area is 79.5 Å². The van der Waals surface area contributed by atoms with Gasteiger partial charge < -0.3 is 0 Å². The standard InChI is InChI=1S/C8H6N2S2/c1-3-11-9-5-7(1)8-2-4-12-10-6-8/h1-6H. The summed E-state index contributed by atoms with van der Waals surface area (Å²) in [4.78, 5) is 0. The molecule has 4 heteroatoms. The summed E-state index contributed by atoms with van der Waals surface area (Å²) >= 11 is 2.89. The van der Waals surface area contributed by atoms with Crippen molar-refractivity contribution in [3.05, 3.63) is 34.1 Å². The van der Waals surface area contributed by atoms with E-state index in [4.69, 9.17) is 0 Å². The van der Waals surface area contributed by atoms with Crippen LogP contribution in [0.2, 0.25) is 0 Å². The van der Waals surface area contributed by atoms with Crippen LogP contribution in [0.15, 0.2) is 42.9 Å². The minimum atomic E-state index is 1.12. The van der Waals surface area contributed by atoms with E-state index in [9.17, 15) is 0 Å². The Morgan fingerprint density at radius 1 is 0.833 bits per heavy atom. The third kappa shape index (κ3) is 1.70. The molecule has 0 unspecified atom stereocenters. The number of allylic oxidation sites excluding steroid dienone is 4. The zero-order chi connectivity index (χ0) is 8.23. The van der Waals surface area contributed by atoms with Crippen molar-refractivity contribution in [1.82, 2.24) is 0 Å². The van der Waals surface area contributed by atoms with Gasteiger partial charge >= 0.3 is 0 Å². The number of nitrogens with zero attached hydrogens (tertiary/aromatic N) is 2. The van der Waals surface area contributed by atoms with Crippen LogP contribution in [0.4, 0.5) is 0 Å². The first-order valence-electron chi connectivity index (χ1n) is 3.42. The average molecular weight is 194 g/mol. The van der Waals surface area contributed by atoms with Gasteiger partial charge in [-0.25, -0.2) is 8.80 Å². The summed E-state index contributed by atoms with van der Waals surface area (Å²) in [7, 11) is 0. The number of hydrogen-bond donors (Lipinski definition) is 0. The fraction of sp³-hybridized carbons (Fsp3) is 0. The molecule has 0 saturated heterocycles. The van der Waals surface area contributed by atoms with Crippen molar-refractivity contribution in [1.29, 1.82) is 0 Å². The second-order valence-electron chi connectivity index (χ2n) is 2.20. The molecule has 0 saturated carbocycles. The summed E-state index contributed by atoms with van der Waals surface area (Å²) in [6, 6.07) is 0. The molecule has 2 heterocycles. The van der Waals surface area contributed by atoms with Gasteiger partial charge in [-0.15, -0.1) is 0 Å². The zero-order valence-electron chi connectivity index (χ0n) is 6.18. The minimum absolute atomic E-state index is 1.12. The molecule has 12 heavy (non-hydrogen) atoms. The van der Waals surface area contributed by atoms with E-state index in [1.807, 2.05) is 35.4 Å². The molecule has 0 N–H and O–H groups in total. The van der Waals surface area contributed by atoms with Gasteiger partial charge in [-0.1, -0.05) is 0 Å². The van der Waals surface area contributed by atoms with Gasteiger partial charge in [0.25, 0.3) is 0 Å². The van der Waals surface area contributed by atoms with Crippen LogP contribution in [0.1, 0.15) is 0 Å². The Hall–Kier alpha value is -0.740. The summed E-state index contributed by atoms with van der Waals surface area (Å²) in [6.07, 6.45) is 7.79. The topological polar surface area (TPSA) is 24.7 Å². The van der Waals surface area contributed by atoms with Gasteiger partial charge in [-0.3, -0.25) is 0 Å². The normalized spacial score (nSPS) is 26.7. The molecule has 0 radical (unpaired) electrons. The quantitative estimate of drug-likeness (QED) is 0.554. The average Bonchev–Trinajstić information content (AvgIpc) is 2.21. The van der Waals surface area contributed by atoms with Crippen LogP contribution in [0.3, 0.4) is 0 Å². The van der Waals surface area contributed by atoms with Gasteiger partial charge in [0.1, 0.15) is 0 Å². The maximum atomic E-state index is 4.08. The highest BCUT2D eigenvalue weighted by atomic mass is 32.2. The molecule has 2 aliphatic rings. The number of rotatable bonds is 0. The summed E-state index contributed by atoms with van der Waals surface area (Å²) in [6.45, 7) is 0. The monoisotopic (exact) mass is 194 g/mol. The minimum Gasteiger partial charge on any atom is -0.219 e. The predicted molar refractivity (Wildman–Crippen MR) is 57.5 cm³/mol. The van der Waals surface area contributed by atoms with Gasteiger partial charge in [0.15, 0.2) is 0 Å². The van der Waals surface area contributed by atoms with Gasteiger partial charge in [0, 0.05) is 47.5 Å². The van der Waals surface area contributed by atoms with E-state index < -0.39 is 0 Å². The third-order valence-electron chi connectivity index (χ3n) is 1.46. The van der Waals surface area contributed by atoms with E-state index in [1.165, 1.54) is 23.9 Å². The highest BCUT2D eigenvalue weighted by Gasteiger charge is 2.01. The van der Waals surface area contributed by atoms with Gasteiger partial charge in [-0.2, -0.15) is 0 Å². The maximum absolute atomic E-state index is 4.08. The van der Waals surface area contributed by atoms with Crippen LogP contribution >= 0.6 is 23.9 Å². The van der Waals surface area contributed by atoms with Gasteiger partial charge in [0.05, 0.1) is 0 Å². The van der Waals surface area contributed by atoms with E-state index in [2.05, 4.69) is 8.80 Å². The molecular formula is C8H6N2S2. The van der Waals surface area contributed by atoms with Crippen molar-refractivity contribution in [2.45, 2.75) is 0 Å². The molecule has 0 amide bonds. The van der Waals surface area contributed by atoms with Crippen LogP contribution in [-0.4, -0.2) is 12.4 Å². The van der Waals surface area contributed by atoms with E-state index in [1.54, 1.807) is 0 Å². The molecule has 0 aromatic rings. The van der Waals surface area contributed by atoms with Crippen molar-refractivity contribution >= 4 is 36.3 Å². The lowest BCUT2D eigenvalue weighted by atomic mass is 10.1. The number of hydrogen-bond acceptors (Lipinski definition) is 4. The Kier molecular flexibility index (Phi) is 2.48. The molecule has 0 atom stereocenters. The van der Waals surface area contributed by atoms with E-state index in [0.29, 0.717) is 0 Å². The Bertz CT molecular complexity index is 264. The molecule has 0 spiro atoms. The second-order valence-corrected chi connectivity index (χ2v) is 3.58. The predicted octanol–water partition coefficient (Wildman–Crippen LogP) is 2.78. The molecule has 2 aliphatic heterocycles. The zero-order valence-corrected chi connectivity index (χ0v) is 7.81. The van der Waals surface area contributed by atoms with Crippen LogP contribution < -0.4 is 0 Å². The van der Waals surface area contributed by atoms with E-state index in [0.717, 1.165) is 11.1 Å². The van der Waals surface area contributed by atoms with Crippen LogP contribution in [0.25, 0.3) is 0 Å². The summed E-state index contributed by atoms with van der Waals surface area (Å²) in [5.41, 5.74) is 2.24. The van der Waals surface area contributed by atoms with Crippen molar-refractivity contribution in [3.8, 4) is 0 Å². The molecule has 0 aromatic heterocycles. The van der Waals surface area contributed by atoms with Crippen molar-refractivity contribution in [2.24, 2.45) is 8.80 Å². The fourth-order valence-electron chi connectivity index (χ4n) is 0.880. The van der Waals surface area contributed by atoms with Crippen LogP contribution in [-0.2, 0) is 0 Å². The smallest absolute Gasteiger partial charge is 0.0434 e. The molecule has 0 fully saturated rings. The lowest BCUT2D eigenvalue weighted by molar-refractivity contribution is 1.68. The molecule has 2 nitrogen and oxygen atoms in total. The Morgan fingerprint density at radius 2 is 1.33 bits per heavy atom.